The predicted octanol–water partition coefficient (Wildman–Crippen LogP) is 2.71. The minimum Gasteiger partial charge on any atom is -0.497 e. The van der Waals surface area contributed by atoms with E-state index in [9.17, 15) is 9.59 Å². The normalized spacial score (nSPS) is 14.2. The maximum Gasteiger partial charge on any atom is 0.234 e. The summed E-state index contributed by atoms with van der Waals surface area (Å²) in [4.78, 5) is 26.4. The minimum absolute atomic E-state index is 0.0811. The van der Waals surface area contributed by atoms with Crippen LogP contribution >= 0.6 is 11.8 Å². The molecule has 1 aliphatic heterocycles. The lowest BCUT2D eigenvalue weighted by Gasteiger charge is -2.33. The Morgan fingerprint density at radius 2 is 1.88 bits per heavy atom. The molecule has 1 fully saturated rings. The lowest BCUT2D eigenvalue weighted by molar-refractivity contribution is -0.122. The number of carbonyl (C=O) groups excluding carboxylic acids is 2. The molecule has 1 aliphatic rings. The van der Waals surface area contributed by atoms with Crippen molar-refractivity contribution in [3.05, 3.63) is 54.9 Å². The highest BCUT2D eigenvalue weighted by molar-refractivity contribution is 7.99. The van der Waals surface area contributed by atoms with Crippen molar-refractivity contribution < 1.29 is 14.3 Å². The Morgan fingerprint density at radius 3 is 2.58 bits per heavy atom. The molecule has 0 atom stereocenters. The van der Waals surface area contributed by atoms with Crippen molar-refractivity contribution in [2.24, 2.45) is 11.7 Å². The van der Waals surface area contributed by atoms with Gasteiger partial charge in [0.2, 0.25) is 11.8 Å². The molecule has 33 heavy (non-hydrogen) atoms. The van der Waals surface area contributed by atoms with E-state index in [2.05, 4.69) is 20.4 Å². The van der Waals surface area contributed by atoms with Crippen LogP contribution in [-0.4, -0.2) is 52.5 Å². The quantitative estimate of drug-likeness (QED) is 0.491. The molecule has 9 nitrogen and oxygen atoms in total. The van der Waals surface area contributed by atoms with Gasteiger partial charge in [0, 0.05) is 24.7 Å². The van der Waals surface area contributed by atoms with Crippen LogP contribution in [0.1, 0.15) is 12.8 Å². The molecule has 0 spiro atoms. The Hall–Kier alpha value is -3.53. The van der Waals surface area contributed by atoms with Gasteiger partial charge in [-0.3, -0.25) is 14.2 Å². The zero-order valence-electron chi connectivity index (χ0n) is 18.3. The number of nitrogens with two attached hydrogens (primary N) is 1. The van der Waals surface area contributed by atoms with Crippen LogP contribution in [0, 0.1) is 5.92 Å². The number of benzene rings is 2. The standard InChI is InChI=1S/C23H26N6O3S/c1-32-18-8-6-17(7-9-18)29-15-25-27-23(29)33-14-21(30)26-19-4-2-3-5-20(19)28-12-10-16(11-13-28)22(24)31/h2-9,15-16H,10-14H2,1H3,(H2,24,31)(H,26,30). The number of hydrogen-bond acceptors (Lipinski definition) is 7. The molecule has 2 amide bonds. The number of nitrogens with one attached hydrogen (secondary N) is 1. The summed E-state index contributed by atoms with van der Waals surface area (Å²) in [6, 6.07) is 15.2. The summed E-state index contributed by atoms with van der Waals surface area (Å²) in [6.07, 6.45) is 3.05. The molecule has 4 rings (SSSR count). The third-order valence-electron chi connectivity index (χ3n) is 5.62. The van der Waals surface area contributed by atoms with Gasteiger partial charge in [-0.15, -0.1) is 10.2 Å². The SMILES string of the molecule is COc1ccc(-n2cnnc2SCC(=O)Nc2ccccc2N2CCC(C(N)=O)CC2)cc1. The molecule has 0 unspecified atom stereocenters. The fraction of sp³-hybridized carbons (Fsp3) is 0.304. The molecule has 0 radical (unpaired) electrons. The summed E-state index contributed by atoms with van der Waals surface area (Å²) >= 11 is 1.31. The van der Waals surface area contributed by atoms with Gasteiger partial charge in [-0.2, -0.15) is 0 Å². The number of ether oxygens (including phenoxy) is 1. The van der Waals surface area contributed by atoms with E-state index in [1.807, 2.05) is 53.1 Å². The number of thioether (sulfide) groups is 1. The number of hydrogen-bond donors (Lipinski definition) is 2. The van der Waals surface area contributed by atoms with Crippen LogP contribution < -0.4 is 20.7 Å². The van der Waals surface area contributed by atoms with Gasteiger partial charge in [-0.1, -0.05) is 23.9 Å². The number of nitrogens with zero attached hydrogens (tertiary/aromatic N) is 4. The first-order valence-electron chi connectivity index (χ1n) is 10.7. The summed E-state index contributed by atoms with van der Waals surface area (Å²) in [5.74, 6) is 0.493. The summed E-state index contributed by atoms with van der Waals surface area (Å²) in [6.45, 7) is 1.44. The van der Waals surface area contributed by atoms with Gasteiger partial charge in [0.05, 0.1) is 24.2 Å². The van der Waals surface area contributed by atoms with Crippen molar-refractivity contribution in [1.82, 2.24) is 14.8 Å². The average molecular weight is 467 g/mol. The molecule has 1 aromatic heterocycles. The highest BCUT2D eigenvalue weighted by Crippen LogP contribution is 2.30. The average Bonchev–Trinajstić information content (AvgIpc) is 3.32. The molecular weight excluding hydrogens is 440 g/mol. The van der Waals surface area contributed by atoms with Gasteiger partial charge in [0.25, 0.3) is 0 Å². The number of anilines is 2. The second-order valence-corrected chi connectivity index (χ2v) is 8.64. The second kappa shape index (κ2) is 10.4. The molecule has 0 bridgehead atoms. The highest BCUT2D eigenvalue weighted by atomic mass is 32.2. The number of rotatable bonds is 8. The van der Waals surface area contributed by atoms with Crippen LogP contribution in [0.25, 0.3) is 5.69 Å². The second-order valence-electron chi connectivity index (χ2n) is 7.70. The summed E-state index contributed by atoms with van der Waals surface area (Å²) in [5, 5.41) is 11.8. The fourth-order valence-electron chi connectivity index (χ4n) is 3.82. The van der Waals surface area contributed by atoms with Crippen LogP contribution in [0.3, 0.4) is 0 Å². The van der Waals surface area contributed by atoms with Gasteiger partial charge in [-0.05, 0) is 49.2 Å². The van der Waals surface area contributed by atoms with Crippen molar-refractivity contribution in [2.75, 3.05) is 36.2 Å². The van der Waals surface area contributed by atoms with Gasteiger partial charge < -0.3 is 20.7 Å². The smallest absolute Gasteiger partial charge is 0.234 e. The van der Waals surface area contributed by atoms with Crippen LogP contribution in [0.4, 0.5) is 11.4 Å². The van der Waals surface area contributed by atoms with E-state index >= 15 is 0 Å². The summed E-state index contributed by atoms with van der Waals surface area (Å²) in [7, 11) is 1.62. The highest BCUT2D eigenvalue weighted by Gasteiger charge is 2.24. The number of para-hydroxylation sites is 2. The van der Waals surface area contributed by atoms with Crippen LogP contribution in [-0.2, 0) is 9.59 Å². The monoisotopic (exact) mass is 466 g/mol. The number of piperidine rings is 1. The van der Waals surface area contributed by atoms with Gasteiger partial charge >= 0.3 is 0 Å². The van der Waals surface area contributed by atoms with E-state index in [-0.39, 0.29) is 23.5 Å². The lowest BCUT2D eigenvalue weighted by atomic mass is 9.96. The molecule has 2 heterocycles. The lowest BCUT2D eigenvalue weighted by Crippen LogP contribution is -2.38. The molecule has 2 aromatic carbocycles. The fourth-order valence-corrected chi connectivity index (χ4v) is 4.55. The predicted molar refractivity (Wildman–Crippen MR) is 128 cm³/mol. The van der Waals surface area contributed by atoms with E-state index in [4.69, 9.17) is 10.5 Å². The first-order chi connectivity index (χ1) is 16.0. The topological polar surface area (TPSA) is 115 Å². The summed E-state index contributed by atoms with van der Waals surface area (Å²) < 4.78 is 7.03. The maximum atomic E-state index is 12.7. The van der Waals surface area contributed by atoms with E-state index in [1.165, 1.54) is 11.8 Å². The zero-order valence-corrected chi connectivity index (χ0v) is 19.1. The Balaban J connectivity index is 1.38. The van der Waals surface area contributed by atoms with Crippen molar-refractivity contribution in [3.8, 4) is 11.4 Å². The third-order valence-corrected chi connectivity index (χ3v) is 6.56. The first kappa shape index (κ1) is 22.7. The van der Waals surface area contributed by atoms with Gasteiger partial charge in [0.1, 0.15) is 12.1 Å². The molecule has 1 saturated heterocycles. The van der Waals surface area contributed by atoms with E-state index in [0.717, 1.165) is 35.9 Å². The number of primary amides is 1. The van der Waals surface area contributed by atoms with Crippen LogP contribution in [0.15, 0.2) is 60.0 Å². The van der Waals surface area contributed by atoms with E-state index < -0.39 is 0 Å². The third kappa shape index (κ3) is 5.46. The minimum atomic E-state index is -0.240. The molecular formula is C23H26N6O3S. The number of carbonyl (C=O) groups is 2. The Bertz CT molecular complexity index is 1110. The Morgan fingerprint density at radius 1 is 1.15 bits per heavy atom. The molecule has 0 aliphatic carbocycles. The number of methoxy groups -OCH3 is 1. The van der Waals surface area contributed by atoms with Gasteiger partial charge in [0.15, 0.2) is 5.16 Å². The van der Waals surface area contributed by atoms with Gasteiger partial charge in [-0.25, -0.2) is 0 Å². The largest absolute Gasteiger partial charge is 0.497 e. The summed E-state index contributed by atoms with van der Waals surface area (Å²) in [5.41, 5.74) is 8.02. The molecule has 10 heteroatoms. The van der Waals surface area contributed by atoms with Crippen LogP contribution in [0.5, 0.6) is 5.75 Å². The number of amides is 2. The Labute approximate surface area is 196 Å². The first-order valence-corrected chi connectivity index (χ1v) is 11.6. The molecule has 0 saturated carbocycles. The Kier molecular flexibility index (Phi) is 7.13. The molecule has 172 valence electrons. The molecule has 3 aromatic rings. The van der Waals surface area contributed by atoms with Crippen molar-refractivity contribution >= 4 is 35.0 Å². The van der Waals surface area contributed by atoms with E-state index in [0.29, 0.717) is 18.0 Å². The van der Waals surface area contributed by atoms with E-state index in [1.54, 1.807) is 13.4 Å². The zero-order chi connectivity index (χ0) is 23.2. The van der Waals surface area contributed by atoms with Crippen molar-refractivity contribution in [3.63, 3.8) is 0 Å². The van der Waals surface area contributed by atoms with Crippen molar-refractivity contribution in [1.29, 1.82) is 0 Å². The number of aromatic nitrogens is 3. The molecule has 3 N–H and O–H groups in total. The van der Waals surface area contributed by atoms with Crippen LogP contribution in [0.2, 0.25) is 0 Å². The maximum absolute atomic E-state index is 12.7. The van der Waals surface area contributed by atoms with Crippen molar-refractivity contribution in [2.45, 2.75) is 18.0 Å².